The van der Waals surface area contributed by atoms with Gasteiger partial charge in [-0.1, -0.05) is 23.7 Å². The number of ether oxygens (including phenoxy) is 1. The zero-order valence-electron chi connectivity index (χ0n) is 16.7. The molecule has 0 aliphatic heterocycles. The van der Waals surface area contributed by atoms with E-state index < -0.39 is 21.6 Å². The van der Waals surface area contributed by atoms with Gasteiger partial charge in [-0.05, 0) is 48.9 Å². The molecule has 1 heterocycles. The van der Waals surface area contributed by atoms with Gasteiger partial charge in [0.05, 0.1) is 18.0 Å². The van der Waals surface area contributed by atoms with Crippen LogP contribution < -0.4 is 5.32 Å². The molecule has 0 spiro atoms. The van der Waals surface area contributed by atoms with E-state index in [0.717, 1.165) is 23.6 Å². The van der Waals surface area contributed by atoms with Crippen LogP contribution in [0.15, 0.2) is 53.4 Å². The van der Waals surface area contributed by atoms with Crippen LogP contribution >= 0.6 is 11.6 Å². The van der Waals surface area contributed by atoms with Gasteiger partial charge in [0.1, 0.15) is 5.69 Å². The number of rotatable bonds is 6. The number of methoxy groups -OCH3 is 1. The second-order valence-corrected chi connectivity index (χ2v) is 9.32. The van der Waals surface area contributed by atoms with Crippen molar-refractivity contribution in [1.29, 1.82) is 0 Å². The first kappa shape index (κ1) is 21.9. The van der Waals surface area contributed by atoms with E-state index in [-0.39, 0.29) is 16.8 Å². The molecule has 0 saturated carbocycles. The van der Waals surface area contributed by atoms with Gasteiger partial charge in [-0.2, -0.15) is 0 Å². The lowest BCUT2D eigenvalue weighted by Crippen LogP contribution is -2.28. The lowest BCUT2D eigenvalue weighted by molar-refractivity contribution is -0.137. The number of nitrogens with one attached hydrogen (secondary N) is 1. The molecule has 0 fully saturated rings. The highest BCUT2D eigenvalue weighted by atomic mass is 35.5. The highest BCUT2D eigenvalue weighted by Gasteiger charge is 2.21. The van der Waals surface area contributed by atoms with Crippen molar-refractivity contribution in [3.63, 3.8) is 0 Å². The number of hydrogen-bond acceptors (Lipinski definition) is 5. The fourth-order valence-corrected chi connectivity index (χ4v) is 4.48. The van der Waals surface area contributed by atoms with Crippen LogP contribution in [0.1, 0.15) is 29.0 Å². The summed E-state index contributed by atoms with van der Waals surface area (Å²) in [6, 6.07) is 12.9. The zero-order valence-corrected chi connectivity index (χ0v) is 18.3. The van der Waals surface area contributed by atoms with Crippen LogP contribution in [0.3, 0.4) is 0 Å². The summed E-state index contributed by atoms with van der Waals surface area (Å²) in [5.41, 5.74) is 2.09. The Labute approximate surface area is 179 Å². The number of nitrogens with zero attached hydrogens (tertiary/aromatic N) is 1. The molecule has 1 unspecified atom stereocenters. The molecule has 1 aromatic heterocycles. The standard InChI is InChI=1S/C21H21ClN2O5S/c1-13(14-4-7-17(8-5-14)30(27,28)12-20(25)29-3)23-21(26)19-11-15-10-16(22)6-9-18(15)24(19)2/h4-11,13H,12H2,1-3H3,(H,23,26). The molecule has 2 aromatic carbocycles. The van der Waals surface area contributed by atoms with Gasteiger partial charge >= 0.3 is 5.97 Å². The van der Waals surface area contributed by atoms with Crippen molar-refractivity contribution < 1.29 is 22.7 Å². The fraction of sp³-hybridized carbons (Fsp3) is 0.238. The Kier molecular flexibility index (Phi) is 6.19. The predicted octanol–water partition coefficient (Wildman–Crippen LogP) is 3.27. The number of hydrogen-bond donors (Lipinski definition) is 1. The molecular weight excluding hydrogens is 428 g/mol. The zero-order chi connectivity index (χ0) is 22.1. The quantitative estimate of drug-likeness (QED) is 0.584. The van der Waals surface area contributed by atoms with Crippen LogP contribution in [-0.4, -0.2) is 37.7 Å². The summed E-state index contributed by atoms with van der Waals surface area (Å²) in [5.74, 6) is -1.81. The molecule has 7 nitrogen and oxygen atoms in total. The number of carbonyl (C=O) groups is 2. The van der Waals surface area contributed by atoms with E-state index in [2.05, 4.69) is 10.1 Å². The number of carbonyl (C=O) groups excluding carboxylic acids is 2. The summed E-state index contributed by atoms with van der Waals surface area (Å²) in [7, 11) is -0.843. The third kappa shape index (κ3) is 4.49. The highest BCUT2D eigenvalue weighted by molar-refractivity contribution is 7.92. The molecule has 9 heteroatoms. The Morgan fingerprint density at radius 2 is 1.80 bits per heavy atom. The van der Waals surface area contributed by atoms with E-state index in [1.807, 2.05) is 6.07 Å². The van der Waals surface area contributed by atoms with Crippen LogP contribution in [0.25, 0.3) is 10.9 Å². The maximum absolute atomic E-state index is 12.8. The van der Waals surface area contributed by atoms with Crippen molar-refractivity contribution in [3.05, 3.63) is 64.8 Å². The molecule has 0 saturated heterocycles. The van der Waals surface area contributed by atoms with Gasteiger partial charge < -0.3 is 14.6 Å². The Bertz CT molecular complexity index is 1220. The van der Waals surface area contributed by atoms with E-state index in [9.17, 15) is 18.0 Å². The first-order valence-corrected chi connectivity index (χ1v) is 11.1. The summed E-state index contributed by atoms with van der Waals surface area (Å²) >= 11 is 6.03. The number of halogens is 1. The van der Waals surface area contributed by atoms with Crippen molar-refractivity contribution >= 4 is 44.2 Å². The van der Waals surface area contributed by atoms with E-state index in [1.54, 1.807) is 48.9 Å². The summed E-state index contributed by atoms with van der Waals surface area (Å²) in [6.07, 6.45) is 0. The van der Waals surface area contributed by atoms with E-state index in [1.165, 1.54) is 12.1 Å². The number of esters is 1. The molecule has 1 N–H and O–H groups in total. The van der Waals surface area contributed by atoms with Gasteiger partial charge in [-0.25, -0.2) is 8.42 Å². The van der Waals surface area contributed by atoms with Crippen LogP contribution in [0, 0.1) is 0 Å². The highest BCUT2D eigenvalue weighted by Crippen LogP contribution is 2.23. The molecule has 1 atom stereocenters. The molecule has 0 radical (unpaired) electrons. The van der Waals surface area contributed by atoms with Crippen molar-refractivity contribution in [1.82, 2.24) is 9.88 Å². The van der Waals surface area contributed by atoms with Gasteiger partial charge in [-0.15, -0.1) is 0 Å². The molecule has 0 aliphatic rings. The largest absolute Gasteiger partial charge is 0.468 e. The van der Waals surface area contributed by atoms with E-state index in [0.29, 0.717) is 10.7 Å². The fourth-order valence-electron chi connectivity index (χ4n) is 3.15. The van der Waals surface area contributed by atoms with E-state index >= 15 is 0 Å². The van der Waals surface area contributed by atoms with Gasteiger partial charge in [0, 0.05) is 23.0 Å². The predicted molar refractivity (Wildman–Crippen MR) is 114 cm³/mol. The SMILES string of the molecule is COC(=O)CS(=O)(=O)c1ccc(C(C)NC(=O)c2cc3cc(Cl)ccc3n2C)cc1. The smallest absolute Gasteiger partial charge is 0.321 e. The molecule has 3 rings (SSSR count). The second kappa shape index (κ2) is 8.49. The van der Waals surface area contributed by atoms with Crippen molar-refractivity contribution in [3.8, 4) is 0 Å². The molecule has 0 bridgehead atoms. The van der Waals surface area contributed by atoms with Crippen LogP contribution in [0.2, 0.25) is 5.02 Å². The minimum Gasteiger partial charge on any atom is -0.468 e. The monoisotopic (exact) mass is 448 g/mol. The summed E-state index contributed by atoms with van der Waals surface area (Å²) < 4.78 is 30.6. The summed E-state index contributed by atoms with van der Waals surface area (Å²) in [5, 5.41) is 4.37. The summed E-state index contributed by atoms with van der Waals surface area (Å²) in [4.78, 5) is 24.1. The Morgan fingerprint density at radius 3 is 2.43 bits per heavy atom. The Balaban J connectivity index is 1.76. The van der Waals surface area contributed by atoms with Crippen molar-refractivity contribution in [2.75, 3.05) is 12.9 Å². The third-order valence-electron chi connectivity index (χ3n) is 4.86. The molecule has 158 valence electrons. The topological polar surface area (TPSA) is 94.5 Å². The maximum Gasteiger partial charge on any atom is 0.321 e. The number of fused-ring (bicyclic) bond motifs is 1. The molecule has 1 amide bonds. The number of benzene rings is 2. The molecule has 0 aliphatic carbocycles. The minimum absolute atomic E-state index is 0.0146. The van der Waals surface area contributed by atoms with Crippen LogP contribution in [-0.2, 0) is 26.4 Å². The second-order valence-electron chi connectivity index (χ2n) is 6.89. The maximum atomic E-state index is 12.8. The number of aromatic nitrogens is 1. The molecular formula is C21H21ClN2O5S. The lowest BCUT2D eigenvalue weighted by Gasteiger charge is -2.15. The average Bonchev–Trinajstić information content (AvgIpc) is 3.03. The molecule has 30 heavy (non-hydrogen) atoms. The van der Waals surface area contributed by atoms with Crippen LogP contribution in [0.4, 0.5) is 0 Å². The number of amides is 1. The average molecular weight is 449 g/mol. The van der Waals surface area contributed by atoms with Gasteiger partial charge in [0.15, 0.2) is 15.6 Å². The van der Waals surface area contributed by atoms with E-state index in [4.69, 9.17) is 11.6 Å². The Morgan fingerprint density at radius 1 is 1.13 bits per heavy atom. The van der Waals surface area contributed by atoms with Gasteiger partial charge in [-0.3, -0.25) is 9.59 Å². The Hall–Kier alpha value is -2.84. The lowest BCUT2D eigenvalue weighted by atomic mass is 10.1. The first-order valence-electron chi connectivity index (χ1n) is 9.08. The van der Waals surface area contributed by atoms with Crippen molar-refractivity contribution in [2.45, 2.75) is 17.9 Å². The summed E-state index contributed by atoms with van der Waals surface area (Å²) in [6.45, 7) is 1.80. The first-order chi connectivity index (χ1) is 14.1. The van der Waals surface area contributed by atoms with Gasteiger partial charge in [0.25, 0.3) is 5.91 Å². The number of aryl methyl sites for hydroxylation is 1. The third-order valence-corrected chi connectivity index (χ3v) is 6.70. The van der Waals surface area contributed by atoms with Crippen LogP contribution in [0.5, 0.6) is 0 Å². The van der Waals surface area contributed by atoms with Crippen molar-refractivity contribution in [2.24, 2.45) is 7.05 Å². The minimum atomic E-state index is -3.78. The molecule has 3 aromatic rings. The number of sulfone groups is 1. The normalized spacial score (nSPS) is 12.5. The van der Waals surface area contributed by atoms with Gasteiger partial charge in [0.2, 0.25) is 0 Å².